The largest absolute Gasteiger partial charge is 0.503 e. The molecule has 1 heterocycles. The summed E-state index contributed by atoms with van der Waals surface area (Å²) in [5.74, 6) is -2.82. The minimum absolute atomic E-state index is 0.0514. The van der Waals surface area contributed by atoms with E-state index in [4.69, 9.17) is 5.11 Å². The van der Waals surface area contributed by atoms with Crippen LogP contribution in [0.2, 0.25) is 0 Å². The maximum Gasteiger partial charge on any atom is 0.335 e. The molecule has 0 bridgehead atoms. The molecule has 6 nitrogen and oxygen atoms in total. The fourth-order valence-electron chi connectivity index (χ4n) is 3.84. The first kappa shape index (κ1) is 23.3. The molecular formula is C26H29NO5. The second-order valence-electron chi connectivity index (χ2n) is 9.49. The Hall–Kier alpha value is -3.41. The Balaban J connectivity index is 2.04. The van der Waals surface area contributed by atoms with Crippen molar-refractivity contribution in [2.24, 2.45) is 5.92 Å². The molecule has 2 aromatic rings. The molecule has 0 saturated carbocycles. The van der Waals surface area contributed by atoms with E-state index in [1.807, 2.05) is 24.3 Å². The third kappa shape index (κ3) is 4.44. The van der Waals surface area contributed by atoms with Gasteiger partial charge in [-0.3, -0.25) is 9.59 Å². The van der Waals surface area contributed by atoms with Crippen LogP contribution >= 0.6 is 0 Å². The Kier molecular flexibility index (Phi) is 6.26. The van der Waals surface area contributed by atoms with E-state index in [-0.39, 0.29) is 34.8 Å². The lowest BCUT2D eigenvalue weighted by atomic mass is 9.85. The molecule has 1 atom stereocenters. The monoisotopic (exact) mass is 435 g/mol. The van der Waals surface area contributed by atoms with E-state index in [1.165, 1.54) is 17.0 Å². The van der Waals surface area contributed by atoms with Crippen LogP contribution in [0.4, 0.5) is 0 Å². The van der Waals surface area contributed by atoms with Crippen molar-refractivity contribution in [3.63, 3.8) is 0 Å². The highest BCUT2D eigenvalue weighted by atomic mass is 16.4. The van der Waals surface area contributed by atoms with Crippen molar-refractivity contribution in [2.45, 2.75) is 52.6 Å². The zero-order chi connectivity index (χ0) is 23.8. The highest BCUT2D eigenvalue weighted by Gasteiger charge is 2.43. The molecule has 6 heteroatoms. The van der Waals surface area contributed by atoms with E-state index in [1.54, 1.807) is 26.0 Å². The van der Waals surface area contributed by atoms with Crippen LogP contribution in [0.15, 0.2) is 59.9 Å². The summed E-state index contributed by atoms with van der Waals surface area (Å²) in [6.07, 6.45) is 0. The van der Waals surface area contributed by atoms with Gasteiger partial charge in [0.25, 0.3) is 5.91 Å². The number of hydrogen-bond donors (Lipinski definition) is 2. The molecule has 32 heavy (non-hydrogen) atoms. The van der Waals surface area contributed by atoms with Gasteiger partial charge in [-0.05, 0) is 34.2 Å². The number of Topliss-reactive ketones (excluding diaryl/α,β-unsaturated/α-hetero) is 1. The smallest absolute Gasteiger partial charge is 0.335 e. The standard InChI is InChI=1S/C26H29NO5/c1-15(2)22(28)20-21(17-10-12-19(13-11-17)26(3,4)5)27(24(30)23(20)29)14-16-6-8-18(9-7-16)25(31)32/h6-13,15,21,29H,14H2,1-5H3,(H,31,32). The zero-order valence-electron chi connectivity index (χ0n) is 19.0. The molecular weight excluding hydrogens is 406 g/mol. The summed E-state index contributed by atoms with van der Waals surface area (Å²) in [5, 5.41) is 19.8. The number of benzene rings is 2. The van der Waals surface area contributed by atoms with Crippen LogP contribution < -0.4 is 0 Å². The van der Waals surface area contributed by atoms with E-state index >= 15 is 0 Å². The predicted molar refractivity (Wildman–Crippen MR) is 121 cm³/mol. The van der Waals surface area contributed by atoms with E-state index in [2.05, 4.69) is 20.8 Å². The lowest BCUT2D eigenvalue weighted by Gasteiger charge is -2.28. The first-order valence-corrected chi connectivity index (χ1v) is 10.6. The molecule has 2 aromatic carbocycles. The van der Waals surface area contributed by atoms with E-state index < -0.39 is 23.7 Å². The van der Waals surface area contributed by atoms with Crippen molar-refractivity contribution in [3.8, 4) is 0 Å². The topological polar surface area (TPSA) is 94.9 Å². The van der Waals surface area contributed by atoms with Crippen molar-refractivity contribution >= 4 is 17.7 Å². The zero-order valence-corrected chi connectivity index (χ0v) is 19.0. The number of carboxylic acids is 1. The highest BCUT2D eigenvalue weighted by molar-refractivity contribution is 6.09. The van der Waals surface area contributed by atoms with Gasteiger partial charge < -0.3 is 15.1 Å². The van der Waals surface area contributed by atoms with Crippen molar-refractivity contribution in [1.82, 2.24) is 4.90 Å². The molecule has 1 amide bonds. The van der Waals surface area contributed by atoms with Gasteiger partial charge in [-0.25, -0.2) is 4.79 Å². The maximum absolute atomic E-state index is 13.0. The van der Waals surface area contributed by atoms with Crippen LogP contribution in [0, 0.1) is 5.92 Å². The Bertz CT molecular complexity index is 1070. The number of aliphatic hydroxyl groups is 1. The molecule has 168 valence electrons. The first-order chi connectivity index (χ1) is 14.9. The van der Waals surface area contributed by atoms with Gasteiger partial charge in [0.1, 0.15) is 0 Å². The second kappa shape index (κ2) is 8.61. The molecule has 1 aliphatic heterocycles. The summed E-state index contributed by atoms with van der Waals surface area (Å²) in [4.78, 5) is 38.6. The van der Waals surface area contributed by atoms with E-state index in [0.29, 0.717) is 5.56 Å². The minimum atomic E-state index is -1.03. The number of carbonyl (C=O) groups excluding carboxylic acids is 2. The second-order valence-corrected chi connectivity index (χ2v) is 9.49. The van der Waals surface area contributed by atoms with Crippen LogP contribution in [-0.2, 0) is 21.5 Å². The van der Waals surface area contributed by atoms with Gasteiger partial charge in [0.15, 0.2) is 11.5 Å². The average molecular weight is 436 g/mol. The molecule has 1 unspecified atom stereocenters. The van der Waals surface area contributed by atoms with Crippen LogP contribution in [0.1, 0.15) is 67.7 Å². The van der Waals surface area contributed by atoms with Gasteiger partial charge in [-0.15, -0.1) is 0 Å². The third-order valence-electron chi connectivity index (χ3n) is 5.74. The van der Waals surface area contributed by atoms with Crippen LogP contribution in [0.5, 0.6) is 0 Å². The lowest BCUT2D eigenvalue weighted by Crippen LogP contribution is -2.31. The first-order valence-electron chi connectivity index (χ1n) is 10.6. The molecule has 3 rings (SSSR count). The van der Waals surface area contributed by atoms with Gasteiger partial charge in [0, 0.05) is 12.5 Å². The molecule has 2 N–H and O–H groups in total. The number of aromatic carboxylic acids is 1. The fraction of sp³-hybridized carbons (Fsp3) is 0.346. The van der Waals surface area contributed by atoms with Gasteiger partial charge in [-0.2, -0.15) is 0 Å². The summed E-state index contributed by atoms with van der Waals surface area (Å²) >= 11 is 0. The fourth-order valence-corrected chi connectivity index (χ4v) is 3.84. The Morgan fingerprint density at radius 1 is 1.00 bits per heavy atom. The number of amides is 1. The van der Waals surface area contributed by atoms with Gasteiger partial charge in [0.05, 0.1) is 17.2 Å². The average Bonchev–Trinajstić information content (AvgIpc) is 2.97. The Morgan fingerprint density at radius 3 is 2.03 bits per heavy atom. The van der Waals surface area contributed by atoms with Crippen LogP contribution in [0.3, 0.4) is 0 Å². The molecule has 0 aromatic heterocycles. The van der Waals surface area contributed by atoms with Gasteiger partial charge >= 0.3 is 5.97 Å². The van der Waals surface area contributed by atoms with Gasteiger partial charge in [-0.1, -0.05) is 71.0 Å². The number of hydrogen-bond acceptors (Lipinski definition) is 4. The molecule has 0 fully saturated rings. The summed E-state index contributed by atoms with van der Waals surface area (Å²) in [6.45, 7) is 9.92. The minimum Gasteiger partial charge on any atom is -0.503 e. The number of carbonyl (C=O) groups is 3. The van der Waals surface area contributed by atoms with E-state index in [0.717, 1.165) is 11.1 Å². The summed E-state index contributed by atoms with van der Waals surface area (Å²) in [7, 11) is 0. The molecule has 0 aliphatic carbocycles. The number of aliphatic hydroxyl groups excluding tert-OH is 1. The Labute approximate surface area is 188 Å². The Morgan fingerprint density at radius 2 is 1.56 bits per heavy atom. The molecule has 0 radical (unpaired) electrons. The third-order valence-corrected chi connectivity index (χ3v) is 5.74. The van der Waals surface area contributed by atoms with Crippen molar-refractivity contribution < 1.29 is 24.6 Å². The van der Waals surface area contributed by atoms with Crippen molar-refractivity contribution in [3.05, 3.63) is 82.1 Å². The quantitative estimate of drug-likeness (QED) is 0.679. The van der Waals surface area contributed by atoms with Crippen LogP contribution in [0.25, 0.3) is 0 Å². The molecule has 0 spiro atoms. The molecule has 0 saturated heterocycles. The number of carboxylic acid groups (broad SMARTS) is 1. The summed E-state index contributed by atoms with van der Waals surface area (Å²) < 4.78 is 0. The van der Waals surface area contributed by atoms with Crippen molar-refractivity contribution in [2.75, 3.05) is 0 Å². The molecule has 1 aliphatic rings. The normalized spacial score (nSPS) is 16.8. The number of rotatable bonds is 6. The number of ketones is 1. The summed E-state index contributed by atoms with van der Waals surface area (Å²) in [5.41, 5.74) is 2.76. The van der Waals surface area contributed by atoms with Crippen molar-refractivity contribution in [1.29, 1.82) is 0 Å². The van der Waals surface area contributed by atoms with E-state index in [9.17, 15) is 19.5 Å². The summed E-state index contributed by atoms with van der Waals surface area (Å²) in [6, 6.07) is 13.2. The lowest BCUT2D eigenvalue weighted by molar-refractivity contribution is -0.130. The highest BCUT2D eigenvalue weighted by Crippen LogP contribution is 2.40. The SMILES string of the molecule is CC(C)C(=O)C1=C(O)C(=O)N(Cc2ccc(C(=O)O)cc2)C1c1ccc(C(C)(C)C)cc1. The van der Waals surface area contributed by atoms with Gasteiger partial charge in [0.2, 0.25) is 0 Å². The number of nitrogens with zero attached hydrogens (tertiary/aromatic N) is 1. The van der Waals surface area contributed by atoms with Crippen LogP contribution in [-0.4, -0.2) is 32.8 Å². The predicted octanol–water partition coefficient (Wildman–Crippen LogP) is 4.80. The maximum atomic E-state index is 13.0.